The number of hydrogen-bond acceptors (Lipinski definition) is 3. The Hall–Kier alpha value is -0.570. The fraction of sp³-hybridized carbons (Fsp3) is 0.909. The lowest BCUT2D eigenvalue weighted by Crippen LogP contribution is -2.31. The number of rotatable bonds is 3. The van der Waals surface area contributed by atoms with Gasteiger partial charge in [0.05, 0.1) is 18.6 Å². The summed E-state index contributed by atoms with van der Waals surface area (Å²) in [6, 6.07) is 0. The van der Waals surface area contributed by atoms with Gasteiger partial charge in [-0.05, 0) is 26.7 Å². The van der Waals surface area contributed by atoms with E-state index in [1.54, 1.807) is 0 Å². The highest BCUT2D eigenvalue weighted by atomic mass is 16.6. The Bertz CT molecular complexity index is 213. The van der Waals surface area contributed by atoms with Crippen LogP contribution in [0.5, 0.6) is 0 Å². The Morgan fingerprint density at radius 2 is 1.93 bits per heavy atom. The molecule has 0 aliphatic carbocycles. The van der Waals surface area contributed by atoms with Crippen molar-refractivity contribution >= 4 is 5.97 Å². The second-order valence-corrected chi connectivity index (χ2v) is 5.05. The van der Waals surface area contributed by atoms with Gasteiger partial charge in [0.2, 0.25) is 0 Å². The van der Waals surface area contributed by atoms with Crippen LogP contribution in [0.3, 0.4) is 0 Å². The second kappa shape index (κ2) is 3.89. The fourth-order valence-electron chi connectivity index (χ4n) is 1.29. The standard InChI is InChI=1S/C11H20O3/c1-7(9-6-13-9)8(2)10(12)14-11(3,4)5/h7-9H,6H2,1-5H3/t7-,8+,9?/m1/s1. The molecule has 1 rings (SSSR count). The number of esters is 1. The maximum Gasteiger partial charge on any atom is 0.309 e. The lowest BCUT2D eigenvalue weighted by molar-refractivity contribution is -0.161. The van der Waals surface area contributed by atoms with E-state index in [-0.39, 0.29) is 23.9 Å². The minimum atomic E-state index is -0.393. The molecule has 3 heteroatoms. The van der Waals surface area contributed by atoms with Crippen LogP contribution in [-0.4, -0.2) is 24.3 Å². The number of carbonyl (C=O) groups excluding carboxylic acids is 1. The van der Waals surface area contributed by atoms with Gasteiger partial charge in [-0.3, -0.25) is 4.79 Å². The fourth-order valence-corrected chi connectivity index (χ4v) is 1.29. The molecule has 1 fully saturated rings. The van der Waals surface area contributed by atoms with Gasteiger partial charge in [0.15, 0.2) is 0 Å². The van der Waals surface area contributed by atoms with Gasteiger partial charge < -0.3 is 9.47 Å². The van der Waals surface area contributed by atoms with Crippen molar-refractivity contribution in [3.8, 4) is 0 Å². The maximum absolute atomic E-state index is 11.7. The van der Waals surface area contributed by atoms with Crippen LogP contribution in [0.25, 0.3) is 0 Å². The molecule has 0 aromatic carbocycles. The number of hydrogen-bond donors (Lipinski definition) is 0. The molecule has 0 amide bonds. The van der Waals surface area contributed by atoms with Gasteiger partial charge in [-0.2, -0.15) is 0 Å². The largest absolute Gasteiger partial charge is 0.460 e. The van der Waals surface area contributed by atoms with Crippen LogP contribution in [0.15, 0.2) is 0 Å². The molecule has 1 heterocycles. The summed E-state index contributed by atoms with van der Waals surface area (Å²) in [6.45, 7) is 10.4. The first-order valence-electron chi connectivity index (χ1n) is 5.16. The predicted molar refractivity (Wildman–Crippen MR) is 53.9 cm³/mol. The van der Waals surface area contributed by atoms with Crippen molar-refractivity contribution in [3.63, 3.8) is 0 Å². The van der Waals surface area contributed by atoms with Crippen LogP contribution < -0.4 is 0 Å². The summed E-state index contributed by atoms with van der Waals surface area (Å²) in [5.41, 5.74) is -0.393. The predicted octanol–water partition coefficient (Wildman–Crippen LogP) is 2.00. The molecule has 1 unspecified atom stereocenters. The molecule has 0 saturated carbocycles. The average molecular weight is 200 g/mol. The molecule has 1 saturated heterocycles. The van der Waals surface area contributed by atoms with E-state index in [1.165, 1.54) is 0 Å². The quantitative estimate of drug-likeness (QED) is 0.516. The van der Waals surface area contributed by atoms with Gasteiger partial charge >= 0.3 is 5.97 Å². The van der Waals surface area contributed by atoms with E-state index >= 15 is 0 Å². The molecule has 14 heavy (non-hydrogen) atoms. The van der Waals surface area contributed by atoms with Crippen LogP contribution in [-0.2, 0) is 14.3 Å². The van der Waals surface area contributed by atoms with Crippen molar-refractivity contribution in [2.45, 2.75) is 46.3 Å². The topological polar surface area (TPSA) is 38.8 Å². The van der Waals surface area contributed by atoms with E-state index in [0.717, 1.165) is 6.61 Å². The van der Waals surface area contributed by atoms with Crippen LogP contribution in [0.2, 0.25) is 0 Å². The molecule has 0 aromatic heterocycles. The third-order valence-electron chi connectivity index (χ3n) is 2.51. The summed E-state index contributed by atoms with van der Waals surface area (Å²) < 4.78 is 10.5. The first-order valence-corrected chi connectivity index (χ1v) is 5.16. The van der Waals surface area contributed by atoms with Gasteiger partial charge in [0, 0.05) is 0 Å². The Morgan fingerprint density at radius 3 is 2.29 bits per heavy atom. The van der Waals surface area contributed by atoms with Crippen molar-refractivity contribution in [2.24, 2.45) is 11.8 Å². The summed E-state index contributed by atoms with van der Waals surface area (Å²) in [4.78, 5) is 11.7. The van der Waals surface area contributed by atoms with Crippen LogP contribution in [0.1, 0.15) is 34.6 Å². The van der Waals surface area contributed by atoms with Crippen LogP contribution in [0, 0.1) is 11.8 Å². The molecular formula is C11H20O3. The van der Waals surface area contributed by atoms with Gasteiger partial charge in [-0.1, -0.05) is 13.8 Å². The van der Waals surface area contributed by atoms with Crippen molar-refractivity contribution in [3.05, 3.63) is 0 Å². The summed E-state index contributed by atoms with van der Waals surface area (Å²) in [5, 5.41) is 0. The Balaban J connectivity index is 2.43. The van der Waals surface area contributed by atoms with Crippen molar-refractivity contribution < 1.29 is 14.3 Å². The van der Waals surface area contributed by atoms with E-state index in [9.17, 15) is 4.79 Å². The highest BCUT2D eigenvalue weighted by Gasteiger charge is 2.37. The van der Waals surface area contributed by atoms with Crippen molar-refractivity contribution in [2.75, 3.05) is 6.61 Å². The first-order chi connectivity index (χ1) is 6.31. The Morgan fingerprint density at radius 1 is 1.43 bits per heavy atom. The molecule has 3 nitrogen and oxygen atoms in total. The van der Waals surface area contributed by atoms with E-state index < -0.39 is 5.60 Å². The zero-order valence-electron chi connectivity index (χ0n) is 9.66. The molecule has 3 atom stereocenters. The van der Waals surface area contributed by atoms with E-state index in [0.29, 0.717) is 0 Å². The zero-order valence-corrected chi connectivity index (χ0v) is 9.66. The molecule has 0 radical (unpaired) electrons. The van der Waals surface area contributed by atoms with Crippen molar-refractivity contribution in [1.82, 2.24) is 0 Å². The third kappa shape index (κ3) is 3.29. The minimum Gasteiger partial charge on any atom is -0.460 e. The summed E-state index contributed by atoms with van der Waals surface area (Å²) in [5.74, 6) is 0.0482. The van der Waals surface area contributed by atoms with E-state index in [1.807, 2.05) is 34.6 Å². The second-order valence-electron chi connectivity index (χ2n) is 5.05. The monoisotopic (exact) mass is 200 g/mol. The average Bonchev–Trinajstić information content (AvgIpc) is 2.80. The smallest absolute Gasteiger partial charge is 0.309 e. The van der Waals surface area contributed by atoms with Crippen molar-refractivity contribution in [1.29, 1.82) is 0 Å². The summed E-state index contributed by atoms with van der Waals surface area (Å²) in [6.07, 6.45) is 0.262. The van der Waals surface area contributed by atoms with Gasteiger partial charge in [-0.15, -0.1) is 0 Å². The molecule has 0 N–H and O–H groups in total. The third-order valence-corrected chi connectivity index (χ3v) is 2.51. The highest BCUT2D eigenvalue weighted by molar-refractivity contribution is 5.72. The summed E-state index contributed by atoms with van der Waals surface area (Å²) >= 11 is 0. The lowest BCUT2D eigenvalue weighted by atomic mass is 9.93. The molecule has 1 aliphatic heterocycles. The molecule has 82 valence electrons. The van der Waals surface area contributed by atoms with Crippen LogP contribution >= 0.6 is 0 Å². The van der Waals surface area contributed by atoms with Crippen LogP contribution in [0.4, 0.5) is 0 Å². The van der Waals surface area contributed by atoms with E-state index in [2.05, 4.69) is 0 Å². The Labute approximate surface area is 85.8 Å². The minimum absolute atomic E-state index is 0.0817. The number of ether oxygens (including phenoxy) is 2. The number of carbonyl (C=O) groups is 1. The van der Waals surface area contributed by atoms with Gasteiger partial charge in [0.1, 0.15) is 5.60 Å². The molecule has 0 spiro atoms. The molecule has 0 aromatic rings. The molecule has 1 aliphatic rings. The van der Waals surface area contributed by atoms with E-state index in [4.69, 9.17) is 9.47 Å². The normalized spacial score (nSPS) is 25.4. The van der Waals surface area contributed by atoms with Gasteiger partial charge in [0.25, 0.3) is 0 Å². The zero-order chi connectivity index (χ0) is 10.9. The first kappa shape index (κ1) is 11.5. The number of epoxide rings is 1. The molecular weight excluding hydrogens is 180 g/mol. The lowest BCUT2D eigenvalue weighted by Gasteiger charge is -2.24. The van der Waals surface area contributed by atoms with Gasteiger partial charge in [-0.25, -0.2) is 0 Å². The summed E-state index contributed by atoms with van der Waals surface area (Å²) in [7, 11) is 0. The maximum atomic E-state index is 11.7. The highest BCUT2D eigenvalue weighted by Crippen LogP contribution is 2.28. The Kier molecular flexibility index (Phi) is 3.20. The molecule has 0 bridgehead atoms. The SMILES string of the molecule is C[C@H](C(=O)OC(C)(C)C)[C@@H](C)C1CO1.